The molecule has 0 bridgehead atoms. The predicted octanol–water partition coefficient (Wildman–Crippen LogP) is 1.84. The molecule has 1 aliphatic heterocycles. The Kier molecular flexibility index (Phi) is 3.48. The Bertz CT molecular complexity index is 661. The van der Waals surface area contributed by atoms with E-state index in [4.69, 9.17) is 0 Å². The van der Waals surface area contributed by atoms with Crippen LogP contribution in [0.4, 0.5) is 0 Å². The highest BCUT2D eigenvalue weighted by Crippen LogP contribution is 2.18. The van der Waals surface area contributed by atoms with Gasteiger partial charge in [0.1, 0.15) is 0 Å². The number of likely N-dealkylation sites (tertiary alicyclic amines) is 1. The van der Waals surface area contributed by atoms with Gasteiger partial charge in [-0.25, -0.2) is 0 Å². The molecule has 3 rings (SSSR count). The third-order valence-electron chi connectivity index (χ3n) is 3.56. The van der Waals surface area contributed by atoms with Crippen LogP contribution >= 0.6 is 0 Å². The van der Waals surface area contributed by atoms with Crippen LogP contribution in [-0.2, 0) is 4.79 Å². The fraction of sp³-hybridized carbons (Fsp3) is 0.250. The maximum absolute atomic E-state index is 12.0. The molecule has 2 aromatic rings. The molecule has 1 atom stereocenters. The SMILES string of the molecule is O=C(C=Cc1ccnc2ccccc12)N1CC[C@@H](O)C1. The smallest absolute Gasteiger partial charge is 0.246 e. The molecule has 4 heteroatoms. The average molecular weight is 268 g/mol. The van der Waals surface area contributed by atoms with Crippen LogP contribution in [0.3, 0.4) is 0 Å². The highest BCUT2D eigenvalue weighted by molar-refractivity contribution is 5.95. The molecule has 1 N–H and O–H groups in total. The molecular weight excluding hydrogens is 252 g/mol. The Labute approximate surface area is 117 Å². The molecule has 1 aromatic heterocycles. The molecule has 1 aromatic carbocycles. The van der Waals surface area contributed by atoms with Gasteiger partial charge in [0.15, 0.2) is 0 Å². The van der Waals surface area contributed by atoms with Crippen molar-refractivity contribution in [3.8, 4) is 0 Å². The minimum Gasteiger partial charge on any atom is -0.391 e. The van der Waals surface area contributed by atoms with Gasteiger partial charge >= 0.3 is 0 Å². The van der Waals surface area contributed by atoms with Crippen LogP contribution in [0.1, 0.15) is 12.0 Å². The molecule has 0 aliphatic carbocycles. The number of para-hydroxylation sites is 1. The number of carbonyl (C=O) groups excluding carboxylic acids is 1. The molecule has 102 valence electrons. The first kappa shape index (κ1) is 12.8. The molecule has 2 heterocycles. The number of pyridine rings is 1. The van der Waals surface area contributed by atoms with E-state index < -0.39 is 0 Å². The van der Waals surface area contributed by atoms with Crippen molar-refractivity contribution >= 4 is 22.9 Å². The highest BCUT2D eigenvalue weighted by Gasteiger charge is 2.22. The van der Waals surface area contributed by atoms with Crippen LogP contribution in [0, 0.1) is 0 Å². The number of nitrogens with zero attached hydrogens (tertiary/aromatic N) is 2. The Morgan fingerprint density at radius 3 is 3.00 bits per heavy atom. The van der Waals surface area contributed by atoms with Gasteiger partial charge < -0.3 is 10.0 Å². The lowest BCUT2D eigenvalue weighted by Crippen LogP contribution is -2.27. The molecule has 1 aliphatic rings. The number of aromatic nitrogens is 1. The van der Waals surface area contributed by atoms with Gasteiger partial charge in [-0.1, -0.05) is 18.2 Å². The summed E-state index contributed by atoms with van der Waals surface area (Å²) in [5.74, 6) is -0.0533. The van der Waals surface area contributed by atoms with Crippen molar-refractivity contribution < 1.29 is 9.90 Å². The van der Waals surface area contributed by atoms with Crippen molar-refractivity contribution in [1.82, 2.24) is 9.88 Å². The fourth-order valence-corrected chi connectivity index (χ4v) is 2.47. The zero-order valence-electron chi connectivity index (χ0n) is 11.1. The first-order valence-corrected chi connectivity index (χ1v) is 6.73. The minimum absolute atomic E-state index is 0.0533. The summed E-state index contributed by atoms with van der Waals surface area (Å²) in [7, 11) is 0. The van der Waals surface area contributed by atoms with E-state index in [0.29, 0.717) is 19.5 Å². The predicted molar refractivity (Wildman–Crippen MR) is 78.0 cm³/mol. The monoisotopic (exact) mass is 268 g/mol. The van der Waals surface area contributed by atoms with E-state index in [1.165, 1.54) is 0 Å². The second-order valence-electron chi connectivity index (χ2n) is 4.98. The number of aliphatic hydroxyl groups is 1. The van der Waals surface area contributed by atoms with E-state index in [9.17, 15) is 9.90 Å². The Balaban J connectivity index is 1.82. The van der Waals surface area contributed by atoms with Crippen LogP contribution in [0.15, 0.2) is 42.6 Å². The first-order valence-electron chi connectivity index (χ1n) is 6.73. The molecule has 1 amide bonds. The standard InChI is InChI=1S/C16H16N2O2/c19-13-8-10-18(11-13)16(20)6-5-12-7-9-17-15-4-2-1-3-14(12)15/h1-7,9,13,19H,8,10-11H2/t13-/m1/s1. The van der Waals surface area contributed by atoms with Gasteiger partial charge in [0.25, 0.3) is 0 Å². The first-order chi connectivity index (χ1) is 9.74. The summed E-state index contributed by atoms with van der Waals surface area (Å²) < 4.78 is 0. The van der Waals surface area contributed by atoms with E-state index >= 15 is 0 Å². The molecule has 0 radical (unpaired) electrons. The Morgan fingerprint density at radius 2 is 2.20 bits per heavy atom. The van der Waals surface area contributed by atoms with Crippen LogP contribution in [0.25, 0.3) is 17.0 Å². The van der Waals surface area contributed by atoms with Gasteiger partial charge in [0, 0.05) is 30.7 Å². The Hall–Kier alpha value is -2.20. The summed E-state index contributed by atoms with van der Waals surface area (Å²) >= 11 is 0. The third kappa shape index (κ3) is 2.56. The number of fused-ring (bicyclic) bond motifs is 1. The van der Waals surface area contributed by atoms with Gasteiger partial charge in [0.2, 0.25) is 5.91 Å². The second-order valence-corrected chi connectivity index (χ2v) is 4.98. The topological polar surface area (TPSA) is 53.4 Å². The molecule has 20 heavy (non-hydrogen) atoms. The third-order valence-corrected chi connectivity index (χ3v) is 3.56. The zero-order chi connectivity index (χ0) is 13.9. The molecule has 0 unspecified atom stereocenters. The van der Waals surface area contributed by atoms with Crippen LogP contribution in [0.5, 0.6) is 0 Å². The minimum atomic E-state index is -0.380. The summed E-state index contributed by atoms with van der Waals surface area (Å²) in [5, 5.41) is 10.5. The van der Waals surface area contributed by atoms with Crippen LogP contribution in [-0.4, -0.2) is 40.1 Å². The zero-order valence-corrected chi connectivity index (χ0v) is 11.1. The van der Waals surface area contributed by atoms with E-state index in [2.05, 4.69) is 4.98 Å². The number of aliphatic hydroxyl groups excluding tert-OH is 1. The molecule has 1 fully saturated rings. The average Bonchev–Trinajstić information content (AvgIpc) is 2.91. The van der Waals surface area contributed by atoms with Gasteiger partial charge in [-0.3, -0.25) is 9.78 Å². The molecule has 4 nitrogen and oxygen atoms in total. The van der Waals surface area contributed by atoms with Gasteiger partial charge in [-0.2, -0.15) is 0 Å². The van der Waals surface area contributed by atoms with E-state index in [1.807, 2.05) is 36.4 Å². The number of hydrogen-bond acceptors (Lipinski definition) is 3. The lowest BCUT2D eigenvalue weighted by atomic mass is 10.1. The quantitative estimate of drug-likeness (QED) is 0.846. The van der Waals surface area contributed by atoms with E-state index in [1.54, 1.807) is 17.2 Å². The van der Waals surface area contributed by atoms with Gasteiger partial charge in [0.05, 0.1) is 11.6 Å². The Morgan fingerprint density at radius 1 is 1.35 bits per heavy atom. The van der Waals surface area contributed by atoms with Crippen LogP contribution in [0.2, 0.25) is 0 Å². The number of hydrogen-bond donors (Lipinski definition) is 1. The lowest BCUT2D eigenvalue weighted by Gasteiger charge is -2.12. The lowest BCUT2D eigenvalue weighted by molar-refractivity contribution is -0.125. The summed E-state index contributed by atoms with van der Waals surface area (Å²) in [6.07, 6.45) is 5.41. The number of β-amino-alcohol motifs (C(OH)–C–C–N with tert-alkyl or cyclic N) is 1. The molecule has 0 spiro atoms. The van der Waals surface area contributed by atoms with Crippen molar-refractivity contribution in [3.05, 3.63) is 48.2 Å². The number of rotatable bonds is 2. The maximum atomic E-state index is 12.0. The van der Waals surface area contributed by atoms with Crippen molar-refractivity contribution in [2.24, 2.45) is 0 Å². The highest BCUT2D eigenvalue weighted by atomic mass is 16.3. The number of carbonyl (C=O) groups is 1. The van der Waals surface area contributed by atoms with Gasteiger partial charge in [-0.05, 0) is 30.2 Å². The summed E-state index contributed by atoms with van der Waals surface area (Å²) in [5.41, 5.74) is 1.89. The maximum Gasteiger partial charge on any atom is 0.246 e. The van der Waals surface area contributed by atoms with Crippen molar-refractivity contribution in [2.75, 3.05) is 13.1 Å². The second kappa shape index (κ2) is 5.43. The van der Waals surface area contributed by atoms with E-state index in [0.717, 1.165) is 16.5 Å². The molecular formula is C16H16N2O2. The molecule has 1 saturated heterocycles. The van der Waals surface area contributed by atoms with Crippen molar-refractivity contribution in [3.63, 3.8) is 0 Å². The largest absolute Gasteiger partial charge is 0.391 e. The number of benzene rings is 1. The fourth-order valence-electron chi connectivity index (χ4n) is 2.47. The normalized spacial score (nSPS) is 19.1. The van der Waals surface area contributed by atoms with Crippen molar-refractivity contribution in [1.29, 1.82) is 0 Å². The summed E-state index contributed by atoms with van der Waals surface area (Å²) in [6, 6.07) is 9.74. The summed E-state index contributed by atoms with van der Waals surface area (Å²) in [6.45, 7) is 1.06. The number of amides is 1. The van der Waals surface area contributed by atoms with Gasteiger partial charge in [-0.15, -0.1) is 0 Å². The molecule has 0 saturated carbocycles. The summed E-state index contributed by atoms with van der Waals surface area (Å²) in [4.78, 5) is 18.0. The van der Waals surface area contributed by atoms with Crippen LogP contribution < -0.4 is 0 Å². The van der Waals surface area contributed by atoms with Crippen molar-refractivity contribution in [2.45, 2.75) is 12.5 Å². The van der Waals surface area contributed by atoms with E-state index in [-0.39, 0.29) is 12.0 Å².